The van der Waals surface area contributed by atoms with Gasteiger partial charge in [-0.15, -0.1) is 0 Å². The first-order valence-corrected chi connectivity index (χ1v) is 8.56. The zero-order valence-electron chi connectivity index (χ0n) is 12.9. The predicted molar refractivity (Wildman–Crippen MR) is 86.4 cm³/mol. The summed E-state index contributed by atoms with van der Waals surface area (Å²) in [6.07, 6.45) is 5.07. The Kier molecular flexibility index (Phi) is 3.52. The summed E-state index contributed by atoms with van der Waals surface area (Å²) in [4.78, 5) is 5.40. The molecule has 114 valence electrons. The van der Waals surface area contributed by atoms with E-state index in [9.17, 15) is 0 Å². The monoisotopic (exact) mass is 285 g/mol. The first-order valence-electron chi connectivity index (χ1n) is 8.56. The molecule has 4 aliphatic heterocycles. The normalized spacial score (nSPS) is 36.2. The van der Waals surface area contributed by atoms with Crippen LogP contribution in [0.5, 0.6) is 0 Å². The summed E-state index contributed by atoms with van der Waals surface area (Å²) in [5.74, 6) is 0.814. The Bertz CT molecular complexity index is 480. The van der Waals surface area contributed by atoms with Gasteiger partial charge in [-0.05, 0) is 55.8 Å². The van der Waals surface area contributed by atoms with Crippen LogP contribution in [0.4, 0.5) is 0 Å². The molecule has 3 fully saturated rings. The van der Waals surface area contributed by atoms with Crippen LogP contribution in [-0.4, -0.2) is 54.6 Å². The van der Waals surface area contributed by atoms with Gasteiger partial charge >= 0.3 is 0 Å². The largest absolute Gasteiger partial charge is 0.329 e. The van der Waals surface area contributed by atoms with Crippen LogP contribution in [0.25, 0.3) is 0 Å². The maximum Gasteiger partial charge on any atom is 0.0487 e. The van der Waals surface area contributed by atoms with E-state index in [0.29, 0.717) is 0 Å². The van der Waals surface area contributed by atoms with Gasteiger partial charge < -0.3 is 10.6 Å². The van der Waals surface area contributed by atoms with E-state index in [1.54, 1.807) is 11.1 Å². The zero-order chi connectivity index (χ0) is 14.3. The molecular weight excluding hydrogens is 258 g/mol. The average molecular weight is 285 g/mol. The number of nitrogens with zero attached hydrogens (tertiary/aromatic N) is 2. The van der Waals surface area contributed by atoms with E-state index in [-0.39, 0.29) is 5.54 Å². The minimum absolute atomic E-state index is 0.249. The lowest BCUT2D eigenvalue weighted by Gasteiger charge is -2.57. The van der Waals surface area contributed by atoms with Crippen LogP contribution in [0.2, 0.25) is 0 Å². The number of benzene rings is 1. The highest BCUT2D eigenvalue weighted by Crippen LogP contribution is 2.40. The molecule has 1 aromatic rings. The Morgan fingerprint density at radius 2 is 1.62 bits per heavy atom. The highest BCUT2D eigenvalue weighted by molar-refractivity contribution is 5.29. The van der Waals surface area contributed by atoms with Crippen LogP contribution in [-0.2, 0) is 12.8 Å². The van der Waals surface area contributed by atoms with E-state index in [1.165, 1.54) is 58.4 Å². The maximum atomic E-state index is 6.34. The lowest BCUT2D eigenvalue weighted by atomic mass is 9.71. The van der Waals surface area contributed by atoms with Gasteiger partial charge in [-0.1, -0.05) is 24.3 Å². The number of hydrogen-bond donors (Lipinski definition) is 1. The molecule has 3 nitrogen and oxygen atoms in total. The lowest BCUT2D eigenvalue weighted by Crippen LogP contribution is -2.70. The molecular formula is C18H27N3. The van der Waals surface area contributed by atoms with Gasteiger partial charge in [0.05, 0.1) is 0 Å². The van der Waals surface area contributed by atoms with Crippen molar-refractivity contribution in [3.63, 3.8) is 0 Å². The van der Waals surface area contributed by atoms with E-state index in [0.717, 1.165) is 12.5 Å². The Hall–Kier alpha value is -0.900. The lowest BCUT2D eigenvalue weighted by molar-refractivity contribution is -0.0656. The molecule has 3 heteroatoms. The van der Waals surface area contributed by atoms with Crippen LogP contribution in [0, 0.1) is 5.92 Å². The Balaban J connectivity index is 1.59. The third-order valence-electron chi connectivity index (χ3n) is 6.25. The van der Waals surface area contributed by atoms with Crippen LogP contribution in [0.1, 0.15) is 24.0 Å². The highest BCUT2D eigenvalue weighted by Gasteiger charge is 2.49. The molecule has 4 heterocycles. The van der Waals surface area contributed by atoms with E-state index in [4.69, 9.17) is 5.73 Å². The number of hydrogen-bond acceptors (Lipinski definition) is 3. The molecule has 1 atom stereocenters. The smallest absolute Gasteiger partial charge is 0.0487 e. The molecule has 5 rings (SSSR count). The molecule has 1 aromatic carbocycles. The number of fused-ring (bicyclic) bond motifs is 4. The minimum Gasteiger partial charge on any atom is -0.329 e. The molecule has 2 N–H and O–H groups in total. The highest BCUT2D eigenvalue weighted by atomic mass is 15.3. The summed E-state index contributed by atoms with van der Waals surface area (Å²) in [6.45, 7) is 6.97. The van der Waals surface area contributed by atoms with E-state index < -0.39 is 0 Å². The van der Waals surface area contributed by atoms with Gasteiger partial charge in [-0.25, -0.2) is 0 Å². The summed E-state index contributed by atoms with van der Waals surface area (Å²) >= 11 is 0. The van der Waals surface area contributed by atoms with Crippen LogP contribution in [0.15, 0.2) is 24.3 Å². The quantitative estimate of drug-likeness (QED) is 0.894. The fourth-order valence-corrected chi connectivity index (χ4v) is 4.98. The molecule has 0 radical (unpaired) electrons. The second-order valence-electron chi connectivity index (χ2n) is 7.11. The van der Waals surface area contributed by atoms with Crippen molar-refractivity contribution in [1.29, 1.82) is 0 Å². The SMILES string of the molecule is NCC1(N2CCc3ccccc3CC2)CN2CCC1CC2. The summed E-state index contributed by atoms with van der Waals surface area (Å²) in [5.41, 5.74) is 9.69. The standard InChI is InChI=1S/C18H27N3/c19-13-18(14-20-9-7-17(18)8-10-20)21-11-5-15-3-1-2-4-16(15)6-12-21/h1-4,17H,5-14,19H2. The predicted octanol–water partition coefficient (Wildman–Crippen LogP) is 1.51. The van der Waals surface area contributed by atoms with Crippen molar-refractivity contribution >= 4 is 0 Å². The van der Waals surface area contributed by atoms with E-state index >= 15 is 0 Å². The van der Waals surface area contributed by atoms with Crippen molar-refractivity contribution in [2.45, 2.75) is 31.2 Å². The van der Waals surface area contributed by atoms with E-state index in [1.807, 2.05) is 0 Å². The minimum atomic E-state index is 0.249. The molecule has 0 saturated carbocycles. The molecule has 4 aliphatic rings. The number of nitrogens with two attached hydrogens (primary N) is 1. The summed E-state index contributed by atoms with van der Waals surface area (Å²) < 4.78 is 0. The topological polar surface area (TPSA) is 32.5 Å². The summed E-state index contributed by atoms with van der Waals surface area (Å²) in [6, 6.07) is 8.98. The van der Waals surface area contributed by atoms with Crippen molar-refractivity contribution in [3.05, 3.63) is 35.4 Å². The van der Waals surface area contributed by atoms with Crippen LogP contribution in [0.3, 0.4) is 0 Å². The van der Waals surface area contributed by atoms with Gasteiger partial charge in [0.25, 0.3) is 0 Å². The Morgan fingerprint density at radius 1 is 1.00 bits per heavy atom. The molecule has 0 spiro atoms. The maximum absolute atomic E-state index is 6.34. The van der Waals surface area contributed by atoms with Crippen molar-refractivity contribution in [2.75, 3.05) is 39.3 Å². The molecule has 1 unspecified atom stereocenters. The van der Waals surface area contributed by atoms with Crippen molar-refractivity contribution in [1.82, 2.24) is 9.80 Å². The third kappa shape index (κ3) is 2.23. The van der Waals surface area contributed by atoms with Crippen molar-refractivity contribution < 1.29 is 0 Å². The molecule has 0 amide bonds. The second kappa shape index (κ2) is 5.38. The van der Waals surface area contributed by atoms with Crippen LogP contribution < -0.4 is 5.73 Å². The first-order chi connectivity index (χ1) is 10.3. The van der Waals surface area contributed by atoms with Crippen molar-refractivity contribution in [3.8, 4) is 0 Å². The Morgan fingerprint density at radius 3 is 2.10 bits per heavy atom. The molecule has 2 bridgehead atoms. The number of piperidine rings is 3. The van der Waals surface area contributed by atoms with E-state index in [2.05, 4.69) is 34.1 Å². The molecule has 0 aromatic heterocycles. The summed E-state index contributed by atoms with van der Waals surface area (Å²) in [5, 5.41) is 0. The summed E-state index contributed by atoms with van der Waals surface area (Å²) in [7, 11) is 0. The molecule has 21 heavy (non-hydrogen) atoms. The van der Waals surface area contributed by atoms with Gasteiger partial charge in [0, 0.05) is 31.7 Å². The van der Waals surface area contributed by atoms with Gasteiger partial charge in [-0.2, -0.15) is 0 Å². The Labute approximate surface area is 128 Å². The first kappa shape index (κ1) is 13.7. The van der Waals surface area contributed by atoms with Gasteiger partial charge in [0.15, 0.2) is 0 Å². The van der Waals surface area contributed by atoms with Gasteiger partial charge in [0.1, 0.15) is 0 Å². The van der Waals surface area contributed by atoms with Crippen LogP contribution >= 0.6 is 0 Å². The number of rotatable bonds is 2. The third-order valence-corrected chi connectivity index (χ3v) is 6.25. The van der Waals surface area contributed by atoms with Crippen molar-refractivity contribution in [2.24, 2.45) is 11.7 Å². The van der Waals surface area contributed by atoms with Gasteiger partial charge in [0.2, 0.25) is 0 Å². The van der Waals surface area contributed by atoms with Gasteiger partial charge in [-0.3, -0.25) is 4.90 Å². The second-order valence-corrected chi connectivity index (χ2v) is 7.11. The molecule has 0 aliphatic carbocycles. The average Bonchev–Trinajstić information content (AvgIpc) is 2.78. The zero-order valence-corrected chi connectivity index (χ0v) is 12.9. The fraction of sp³-hybridized carbons (Fsp3) is 0.667. The molecule has 3 saturated heterocycles. The fourth-order valence-electron chi connectivity index (χ4n) is 4.98.